The van der Waals surface area contributed by atoms with Gasteiger partial charge in [-0.15, -0.1) is 0 Å². The van der Waals surface area contributed by atoms with E-state index in [4.69, 9.17) is 5.73 Å². The molecule has 0 aromatic heterocycles. The molecule has 0 heterocycles. The molecule has 1 aromatic rings. The monoisotopic (exact) mass is 277 g/mol. The number of anilines is 1. The smallest absolute Gasteiger partial charge is 0.253 e. The minimum absolute atomic E-state index is 0.141. The zero-order valence-electron chi connectivity index (χ0n) is 12.5. The van der Waals surface area contributed by atoms with Crippen molar-refractivity contribution in [2.75, 3.05) is 12.4 Å². The minimum atomic E-state index is -0.241. The van der Waals surface area contributed by atoms with Gasteiger partial charge in [0.1, 0.15) is 0 Å². The van der Waals surface area contributed by atoms with E-state index < -0.39 is 0 Å². The summed E-state index contributed by atoms with van der Waals surface area (Å²) in [4.78, 5) is 23.7. The molecule has 0 saturated carbocycles. The van der Waals surface area contributed by atoms with Gasteiger partial charge >= 0.3 is 0 Å². The Bertz CT molecular complexity index is 492. The molecule has 0 fully saturated rings. The van der Waals surface area contributed by atoms with E-state index in [9.17, 15) is 9.59 Å². The third-order valence-electron chi connectivity index (χ3n) is 3.19. The number of benzene rings is 1. The lowest BCUT2D eigenvalue weighted by molar-refractivity contribution is -0.117. The number of nitrogens with two attached hydrogens (primary N) is 1. The van der Waals surface area contributed by atoms with E-state index in [0.29, 0.717) is 11.3 Å². The van der Waals surface area contributed by atoms with E-state index in [1.807, 2.05) is 20.8 Å². The summed E-state index contributed by atoms with van der Waals surface area (Å²) < 4.78 is 0. The van der Waals surface area contributed by atoms with E-state index in [0.717, 1.165) is 0 Å². The zero-order chi connectivity index (χ0) is 15.3. The van der Waals surface area contributed by atoms with Crippen molar-refractivity contribution in [3.63, 3.8) is 0 Å². The average molecular weight is 277 g/mol. The predicted octanol–water partition coefficient (Wildman–Crippen LogP) is 1.75. The first-order valence-corrected chi connectivity index (χ1v) is 6.62. The van der Waals surface area contributed by atoms with Crippen LogP contribution in [0.3, 0.4) is 0 Å². The van der Waals surface area contributed by atoms with E-state index >= 15 is 0 Å². The number of hydrogen-bond donors (Lipinski definition) is 3. The van der Waals surface area contributed by atoms with Gasteiger partial charge in [0, 0.05) is 19.5 Å². The Kier molecular flexibility index (Phi) is 5.27. The molecule has 5 nitrogen and oxygen atoms in total. The molecule has 5 heteroatoms. The Balaban J connectivity index is 2.79. The predicted molar refractivity (Wildman–Crippen MR) is 80.5 cm³/mol. The fraction of sp³-hybridized carbons (Fsp3) is 0.467. The van der Waals surface area contributed by atoms with Gasteiger partial charge in [-0.25, -0.2) is 0 Å². The third kappa shape index (κ3) is 4.35. The van der Waals surface area contributed by atoms with Crippen LogP contribution in [-0.2, 0) is 4.79 Å². The highest BCUT2D eigenvalue weighted by molar-refractivity contribution is 6.03. The van der Waals surface area contributed by atoms with Crippen LogP contribution in [0.1, 0.15) is 37.6 Å². The minimum Gasteiger partial charge on any atom is -0.355 e. The molecule has 1 atom stereocenters. The number of hydrogen-bond acceptors (Lipinski definition) is 3. The Morgan fingerprint density at radius 2 is 1.85 bits per heavy atom. The van der Waals surface area contributed by atoms with Gasteiger partial charge in [-0.05, 0) is 17.5 Å². The molecule has 1 rings (SSSR count). The molecule has 20 heavy (non-hydrogen) atoms. The highest BCUT2D eigenvalue weighted by Gasteiger charge is 2.23. The van der Waals surface area contributed by atoms with Crippen LogP contribution in [0, 0.1) is 5.41 Å². The van der Waals surface area contributed by atoms with E-state index in [-0.39, 0.29) is 29.7 Å². The Morgan fingerprint density at radius 1 is 1.25 bits per heavy atom. The second kappa shape index (κ2) is 6.52. The molecule has 1 unspecified atom stereocenters. The van der Waals surface area contributed by atoms with Crippen LogP contribution in [0.5, 0.6) is 0 Å². The topological polar surface area (TPSA) is 84.2 Å². The number of rotatable bonds is 4. The fourth-order valence-electron chi connectivity index (χ4n) is 1.63. The maximum Gasteiger partial charge on any atom is 0.253 e. The van der Waals surface area contributed by atoms with Crippen LogP contribution in [0.15, 0.2) is 24.3 Å². The van der Waals surface area contributed by atoms with Gasteiger partial charge in [-0.1, -0.05) is 32.9 Å². The molecule has 0 saturated heterocycles. The first-order chi connectivity index (χ1) is 9.25. The molecule has 4 N–H and O–H groups in total. The summed E-state index contributed by atoms with van der Waals surface area (Å²) >= 11 is 0. The van der Waals surface area contributed by atoms with Gasteiger partial charge in [0.05, 0.1) is 11.3 Å². The molecule has 0 aliphatic carbocycles. The lowest BCUT2D eigenvalue weighted by atomic mass is 9.85. The average Bonchev–Trinajstić information content (AvgIpc) is 2.37. The summed E-state index contributed by atoms with van der Waals surface area (Å²) in [7, 11) is 1.55. The molecule has 0 aliphatic rings. The number of amides is 2. The normalized spacial score (nSPS) is 12.7. The van der Waals surface area contributed by atoms with Crippen LogP contribution in [0.4, 0.5) is 5.69 Å². The maximum atomic E-state index is 12.0. The Hall–Kier alpha value is -1.88. The highest BCUT2D eigenvalue weighted by Crippen LogP contribution is 2.21. The SMILES string of the molecule is CNC(=O)c1ccccc1NC(=O)CC(N)C(C)(C)C. The van der Waals surface area contributed by atoms with Crippen molar-refractivity contribution < 1.29 is 9.59 Å². The van der Waals surface area contributed by atoms with Crippen molar-refractivity contribution in [3.05, 3.63) is 29.8 Å². The summed E-state index contributed by atoms with van der Waals surface area (Å²) in [5.41, 5.74) is 6.78. The van der Waals surface area contributed by atoms with Crippen molar-refractivity contribution in [2.45, 2.75) is 33.2 Å². The quantitative estimate of drug-likeness (QED) is 0.784. The van der Waals surface area contributed by atoms with Crippen LogP contribution in [0.2, 0.25) is 0 Å². The molecule has 0 spiro atoms. The maximum absolute atomic E-state index is 12.0. The van der Waals surface area contributed by atoms with E-state index in [1.54, 1.807) is 31.3 Å². The first-order valence-electron chi connectivity index (χ1n) is 6.62. The number of nitrogens with one attached hydrogen (secondary N) is 2. The van der Waals surface area contributed by atoms with Crippen molar-refractivity contribution in [1.82, 2.24) is 5.32 Å². The number of para-hydroxylation sites is 1. The van der Waals surface area contributed by atoms with Crippen molar-refractivity contribution in [2.24, 2.45) is 11.1 Å². The lowest BCUT2D eigenvalue weighted by Crippen LogP contribution is -2.38. The van der Waals surface area contributed by atoms with Crippen LogP contribution < -0.4 is 16.4 Å². The van der Waals surface area contributed by atoms with Gasteiger partial charge in [-0.2, -0.15) is 0 Å². The third-order valence-corrected chi connectivity index (χ3v) is 3.19. The van der Waals surface area contributed by atoms with Gasteiger partial charge in [0.15, 0.2) is 0 Å². The number of carbonyl (C=O) groups is 2. The van der Waals surface area contributed by atoms with Crippen molar-refractivity contribution in [3.8, 4) is 0 Å². The standard InChI is InChI=1S/C15H23N3O2/c1-15(2,3)12(16)9-13(19)18-11-8-6-5-7-10(11)14(20)17-4/h5-8,12H,9,16H2,1-4H3,(H,17,20)(H,18,19). The zero-order valence-corrected chi connectivity index (χ0v) is 12.5. The van der Waals surface area contributed by atoms with Crippen molar-refractivity contribution >= 4 is 17.5 Å². The first kappa shape index (κ1) is 16.2. The molecule has 110 valence electrons. The Morgan fingerprint density at radius 3 is 2.40 bits per heavy atom. The summed E-state index contributed by atoms with van der Waals surface area (Å²) in [5.74, 6) is -0.426. The highest BCUT2D eigenvalue weighted by atomic mass is 16.2. The molecule has 1 aromatic carbocycles. The molecule has 0 aliphatic heterocycles. The summed E-state index contributed by atoms with van der Waals surface area (Å²) in [6, 6.07) is 6.64. The van der Waals surface area contributed by atoms with Gasteiger partial charge in [0.2, 0.25) is 5.91 Å². The van der Waals surface area contributed by atoms with Crippen LogP contribution in [0.25, 0.3) is 0 Å². The summed E-state index contributed by atoms with van der Waals surface area (Å²) in [6.45, 7) is 5.97. The lowest BCUT2D eigenvalue weighted by Gasteiger charge is -2.26. The van der Waals surface area contributed by atoms with Gasteiger partial charge in [0.25, 0.3) is 5.91 Å². The molecule has 0 radical (unpaired) electrons. The molecular weight excluding hydrogens is 254 g/mol. The van der Waals surface area contributed by atoms with E-state index in [1.165, 1.54) is 0 Å². The van der Waals surface area contributed by atoms with E-state index in [2.05, 4.69) is 10.6 Å². The Labute approximate surface area is 119 Å². The van der Waals surface area contributed by atoms with Crippen LogP contribution in [-0.4, -0.2) is 24.9 Å². The fourth-order valence-corrected chi connectivity index (χ4v) is 1.63. The second-order valence-corrected chi connectivity index (χ2v) is 5.85. The van der Waals surface area contributed by atoms with Crippen LogP contribution >= 0.6 is 0 Å². The van der Waals surface area contributed by atoms with Gasteiger partial charge in [-0.3, -0.25) is 9.59 Å². The summed E-state index contributed by atoms with van der Waals surface area (Å²) in [6.07, 6.45) is 0.214. The number of carbonyl (C=O) groups excluding carboxylic acids is 2. The molecule has 2 amide bonds. The molecule has 0 bridgehead atoms. The second-order valence-electron chi connectivity index (χ2n) is 5.85. The van der Waals surface area contributed by atoms with Crippen molar-refractivity contribution in [1.29, 1.82) is 0 Å². The largest absolute Gasteiger partial charge is 0.355 e. The molecular formula is C15H23N3O2. The summed E-state index contributed by atoms with van der Waals surface area (Å²) in [5, 5.41) is 5.29. The van der Waals surface area contributed by atoms with Gasteiger partial charge < -0.3 is 16.4 Å².